The Morgan fingerprint density at radius 2 is 2.00 bits per heavy atom. The van der Waals surface area contributed by atoms with Crippen LogP contribution < -0.4 is 10.0 Å². The number of hydrogen-bond donors (Lipinski definition) is 3. The molecule has 0 saturated carbocycles. The van der Waals surface area contributed by atoms with E-state index < -0.39 is 15.8 Å². The Hall–Kier alpha value is -2.41. The average Bonchev–Trinajstić information content (AvgIpc) is 3.08. The molecule has 32 heavy (non-hydrogen) atoms. The van der Waals surface area contributed by atoms with E-state index in [9.17, 15) is 17.9 Å². The zero-order chi connectivity index (χ0) is 23.5. The minimum absolute atomic E-state index is 0.00464. The number of halogens is 2. The van der Waals surface area contributed by atoms with E-state index in [1.807, 2.05) is 0 Å². The fourth-order valence-electron chi connectivity index (χ4n) is 2.56. The first-order valence-electron chi connectivity index (χ1n) is 9.44. The third kappa shape index (κ3) is 5.88. The molecule has 3 N–H and O–H groups in total. The van der Waals surface area contributed by atoms with Gasteiger partial charge in [-0.1, -0.05) is 35.5 Å². The van der Waals surface area contributed by atoms with E-state index in [2.05, 4.69) is 25.0 Å². The average molecular weight is 501 g/mol. The van der Waals surface area contributed by atoms with E-state index >= 15 is 0 Å². The van der Waals surface area contributed by atoms with Gasteiger partial charge >= 0.3 is 0 Å². The lowest BCUT2D eigenvalue weighted by Crippen LogP contribution is -2.21. The molecule has 0 aliphatic heterocycles. The normalized spacial score (nSPS) is 12.6. The molecular weight excluding hydrogens is 479 g/mol. The Morgan fingerprint density at radius 3 is 2.66 bits per heavy atom. The van der Waals surface area contributed by atoms with Crippen molar-refractivity contribution in [3.8, 4) is 0 Å². The van der Waals surface area contributed by atoms with Crippen molar-refractivity contribution in [2.24, 2.45) is 7.05 Å². The lowest BCUT2D eigenvalue weighted by Gasteiger charge is -2.14. The highest BCUT2D eigenvalue weighted by Gasteiger charge is 2.20. The molecule has 0 fully saturated rings. The van der Waals surface area contributed by atoms with Crippen LogP contribution in [0, 0.1) is 12.7 Å². The molecule has 0 amide bonds. The number of aliphatic hydroxyl groups excluding tert-OH is 1. The Kier molecular flexibility index (Phi) is 7.59. The van der Waals surface area contributed by atoms with Gasteiger partial charge in [0.2, 0.25) is 0 Å². The van der Waals surface area contributed by atoms with Crippen LogP contribution in [0.4, 0.5) is 16.0 Å². The van der Waals surface area contributed by atoms with Gasteiger partial charge in [-0.3, -0.25) is 4.72 Å². The molecule has 3 aromatic rings. The highest BCUT2D eigenvalue weighted by molar-refractivity contribution is 7.98. The quantitative estimate of drug-likeness (QED) is 0.302. The number of aryl methyl sites for hydroxylation is 2. The minimum atomic E-state index is -4.00. The van der Waals surface area contributed by atoms with Crippen LogP contribution in [0.25, 0.3) is 0 Å². The summed E-state index contributed by atoms with van der Waals surface area (Å²) in [5.41, 5.74) is 0.360. The number of nitrogens with zero attached hydrogens (tertiary/aromatic N) is 4. The summed E-state index contributed by atoms with van der Waals surface area (Å²) in [4.78, 5) is 12.6. The van der Waals surface area contributed by atoms with Gasteiger partial charge in [-0.2, -0.15) is 8.42 Å². The summed E-state index contributed by atoms with van der Waals surface area (Å²) in [5.74, 6) is 0.482. The molecule has 2 aromatic heterocycles. The molecule has 2 heterocycles. The molecule has 9 nitrogen and oxygen atoms in total. The molecule has 1 atom stereocenters. The fraction of sp³-hybridized carbons (Fsp3) is 0.316. The molecule has 0 unspecified atom stereocenters. The third-order valence-corrected chi connectivity index (χ3v) is 6.78. The Morgan fingerprint density at radius 1 is 1.28 bits per heavy atom. The number of rotatable bonds is 9. The van der Waals surface area contributed by atoms with Gasteiger partial charge in [0, 0.05) is 31.1 Å². The number of aromatic nitrogens is 4. The SMILES string of the molecule is Cc1nc(S(=O)(=O)Nc2cc(N[C@H](C)CO)nc(SCc3cccc(Cl)c3F)n2)cn1C. The van der Waals surface area contributed by atoms with Gasteiger partial charge in [-0.25, -0.2) is 19.3 Å². The fourth-order valence-corrected chi connectivity index (χ4v) is 4.62. The van der Waals surface area contributed by atoms with E-state index in [0.717, 1.165) is 11.8 Å². The van der Waals surface area contributed by atoms with E-state index in [1.165, 1.54) is 18.3 Å². The lowest BCUT2D eigenvalue weighted by molar-refractivity contribution is 0.281. The maximum Gasteiger partial charge on any atom is 0.282 e. The van der Waals surface area contributed by atoms with Crippen LogP contribution >= 0.6 is 23.4 Å². The first-order chi connectivity index (χ1) is 15.1. The van der Waals surface area contributed by atoms with Gasteiger partial charge in [0.25, 0.3) is 10.0 Å². The highest BCUT2D eigenvalue weighted by Crippen LogP contribution is 2.27. The van der Waals surface area contributed by atoms with E-state index in [4.69, 9.17) is 11.6 Å². The maximum atomic E-state index is 14.2. The highest BCUT2D eigenvalue weighted by atomic mass is 35.5. The number of nitrogens with one attached hydrogen (secondary N) is 2. The van der Waals surface area contributed by atoms with Gasteiger partial charge in [0.1, 0.15) is 23.3 Å². The molecular formula is C19H22ClFN6O3S2. The monoisotopic (exact) mass is 500 g/mol. The molecule has 0 spiro atoms. The van der Waals surface area contributed by atoms with Gasteiger partial charge < -0.3 is 15.0 Å². The largest absolute Gasteiger partial charge is 0.394 e. The molecule has 0 radical (unpaired) electrons. The van der Waals surface area contributed by atoms with Crippen LogP contribution in [0.5, 0.6) is 0 Å². The standard InChI is InChI=1S/C19H22ClFN6O3S2/c1-11(9-28)22-15-7-16(26-32(29,30)17-8-27(3)12(2)23-17)25-19(24-15)31-10-13-5-4-6-14(20)18(13)21/h4-8,11,28H,9-10H2,1-3H3,(H2,22,24,25,26)/t11-/m1/s1. The molecule has 13 heteroatoms. The number of aliphatic hydroxyl groups is 1. The van der Waals surface area contributed by atoms with Crippen molar-refractivity contribution in [1.82, 2.24) is 19.5 Å². The molecule has 3 rings (SSSR count). The van der Waals surface area contributed by atoms with Crippen LogP contribution in [-0.2, 0) is 22.8 Å². The number of hydrogen-bond acceptors (Lipinski definition) is 8. The van der Waals surface area contributed by atoms with Crippen molar-refractivity contribution in [2.45, 2.75) is 35.8 Å². The predicted molar refractivity (Wildman–Crippen MR) is 122 cm³/mol. The van der Waals surface area contributed by atoms with Gasteiger partial charge in [0.05, 0.1) is 11.6 Å². The molecule has 0 bridgehead atoms. The molecule has 1 aromatic carbocycles. The van der Waals surface area contributed by atoms with Gasteiger partial charge in [-0.05, 0) is 25.5 Å². The van der Waals surface area contributed by atoms with E-state index in [0.29, 0.717) is 17.2 Å². The zero-order valence-electron chi connectivity index (χ0n) is 17.5. The van der Waals surface area contributed by atoms with Crippen LogP contribution in [0.15, 0.2) is 40.6 Å². The Bertz CT molecular complexity index is 1200. The topological polar surface area (TPSA) is 122 Å². The van der Waals surface area contributed by atoms with Crippen molar-refractivity contribution in [2.75, 3.05) is 16.6 Å². The van der Waals surface area contributed by atoms with Crippen LogP contribution in [0.2, 0.25) is 5.02 Å². The van der Waals surface area contributed by atoms with E-state index in [1.54, 1.807) is 37.6 Å². The van der Waals surface area contributed by atoms with Gasteiger partial charge in [-0.15, -0.1) is 0 Å². The summed E-state index contributed by atoms with van der Waals surface area (Å²) >= 11 is 6.94. The van der Waals surface area contributed by atoms with Crippen molar-refractivity contribution in [3.63, 3.8) is 0 Å². The summed E-state index contributed by atoms with van der Waals surface area (Å²) in [5, 5.41) is 12.3. The van der Waals surface area contributed by atoms with Crippen molar-refractivity contribution in [1.29, 1.82) is 0 Å². The molecule has 172 valence electrons. The Labute approximate surface area is 194 Å². The lowest BCUT2D eigenvalue weighted by atomic mass is 10.2. The predicted octanol–water partition coefficient (Wildman–Crippen LogP) is 3.20. The number of thioether (sulfide) groups is 1. The van der Waals surface area contributed by atoms with Crippen LogP contribution in [0.3, 0.4) is 0 Å². The summed E-state index contributed by atoms with van der Waals surface area (Å²) < 4.78 is 43.7. The number of anilines is 2. The van der Waals surface area contributed by atoms with Gasteiger partial charge in [0.15, 0.2) is 10.2 Å². The Balaban J connectivity index is 1.89. The zero-order valence-corrected chi connectivity index (χ0v) is 19.9. The van der Waals surface area contributed by atoms with Crippen molar-refractivity contribution >= 4 is 45.0 Å². The summed E-state index contributed by atoms with van der Waals surface area (Å²) in [7, 11) is -2.31. The second-order valence-corrected chi connectivity index (χ2v) is 9.97. The van der Waals surface area contributed by atoms with E-state index in [-0.39, 0.29) is 39.4 Å². The molecule has 0 aliphatic rings. The second kappa shape index (κ2) is 10.0. The first-order valence-corrected chi connectivity index (χ1v) is 12.3. The molecule has 0 aliphatic carbocycles. The minimum Gasteiger partial charge on any atom is -0.394 e. The molecule has 0 saturated heterocycles. The van der Waals surface area contributed by atoms with Crippen LogP contribution in [-0.4, -0.2) is 45.7 Å². The third-order valence-electron chi connectivity index (χ3n) is 4.36. The number of benzene rings is 1. The van der Waals surface area contributed by atoms with Crippen molar-refractivity contribution < 1.29 is 17.9 Å². The maximum absolute atomic E-state index is 14.2. The van der Waals surface area contributed by atoms with Crippen molar-refractivity contribution in [3.05, 3.63) is 52.7 Å². The second-order valence-electron chi connectivity index (χ2n) is 6.99. The summed E-state index contributed by atoms with van der Waals surface area (Å²) in [6, 6.07) is 5.75. The smallest absolute Gasteiger partial charge is 0.282 e. The summed E-state index contributed by atoms with van der Waals surface area (Å²) in [6.07, 6.45) is 1.39. The summed E-state index contributed by atoms with van der Waals surface area (Å²) in [6.45, 7) is 3.26. The first kappa shape index (κ1) is 24.2. The number of imidazole rings is 1. The number of sulfonamides is 1. The van der Waals surface area contributed by atoms with Crippen LogP contribution in [0.1, 0.15) is 18.3 Å².